The van der Waals surface area contributed by atoms with Crippen LogP contribution in [0, 0.1) is 0 Å². The van der Waals surface area contributed by atoms with E-state index in [1.54, 1.807) is 0 Å². The minimum atomic E-state index is -4.38. The van der Waals surface area contributed by atoms with Crippen molar-refractivity contribution in [3.8, 4) is 0 Å². The lowest BCUT2D eigenvalue weighted by atomic mass is 10.0. The summed E-state index contributed by atoms with van der Waals surface area (Å²) in [5, 5.41) is 0.255. The number of alkyl halides is 3. The molecule has 0 heterocycles. The summed E-state index contributed by atoms with van der Waals surface area (Å²) in [5.41, 5.74) is 4.71. The van der Waals surface area contributed by atoms with E-state index in [0.717, 1.165) is 6.07 Å². The van der Waals surface area contributed by atoms with E-state index in [2.05, 4.69) is 0 Å². The molecule has 0 amide bonds. The summed E-state index contributed by atoms with van der Waals surface area (Å²) in [6, 6.07) is 2.71. The van der Waals surface area contributed by atoms with Crippen molar-refractivity contribution in [2.45, 2.75) is 19.1 Å². The summed E-state index contributed by atoms with van der Waals surface area (Å²) in [5.74, 6) is 0. The Morgan fingerprint density at radius 3 is 2.27 bits per heavy atom. The Kier molecular flexibility index (Phi) is 4.90. The third kappa shape index (κ3) is 3.55. The fourth-order valence-electron chi connectivity index (χ4n) is 1.17. The quantitative estimate of drug-likeness (QED) is 0.816. The summed E-state index contributed by atoms with van der Waals surface area (Å²) in [4.78, 5) is 0. The van der Waals surface area contributed by atoms with Crippen LogP contribution < -0.4 is 5.73 Å². The maximum atomic E-state index is 12.4. The summed E-state index contributed by atoms with van der Waals surface area (Å²) < 4.78 is 37.3. The van der Waals surface area contributed by atoms with Crippen LogP contribution in [0.15, 0.2) is 18.2 Å². The Morgan fingerprint density at radius 1 is 1.33 bits per heavy atom. The van der Waals surface area contributed by atoms with Gasteiger partial charge in [0.25, 0.3) is 0 Å². The standard InChI is InChI=1S/C9H9ClF3N.ClH/c1-5(14)7-4-6(10)2-3-8(7)9(11,12)13;/h2-5H,14H2,1H3;1H. The van der Waals surface area contributed by atoms with Crippen molar-refractivity contribution < 1.29 is 13.2 Å². The fraction of sp³-hybridized carbons (Fsp3) is 0.333. The van der Waals surface area contributed by atoms with Crippen molar-refractivity contribution in [2.75, 3.05) is 0 Å². The molecule has 15 heavy (non-hydrogen) atoms. The average molecular weight is 260 g/mol. The van der Waals surface area contributed by atoms with Crippen molar-refractivity contribution in [3.63, 3.8) is 0 Å². The molecule has 2 N–H and O–H groups in total. The summed E-state index contributed by atoms with van der Waals surface area (Å²) in [7, 11) is 0. The topological polar surface area (TPSA) is 26.0 Å². The van der Waals surface area contributed by atoms with Gasteiger partial charge in [-0.1, -0.05) is 11.6 Å². The molecule has 1 nitrogen and oxygen atoms in total. The van der Waals surface area contributed by atoms with Crippen LogP contribution in [0.1, 0.15) is 24.1 Å². The second-order valence-corrected chi connectivity index (χ2v) is 3.45. The molecule has 1 rings (SSSR count). The average Bonchev–Trinajstić information content (AvgIpc) is 2.01. The van der Waals surface area contributed by atoms with Crippen LogP contribution in [-0.4, -0.2) is 0 Å². The van der Waals surface area contributed by atoms with Crippen LogP contribution in [0.3, 0.4) is 0 Å². The van der Waals surface area contributed by atoms with Crippen LogP contribution >= 0.6 is 24.0 Å². The van der Waals surface area contributed by atoms with E-state index >= 15 is 0 Å². The monoisotopic (exact) mass is 259 g/mol. The Balaban J connectivity index is 0.00000196. The van der Waals surface area contributed by atoms with E-state index in [4.69, 9.17) is 17.3 Å². The zero-order chi connectivity index (χ0) is 10.9. The minimum absolute atomic E-state index is 0. The Hall–Kier alpha value is -0.450. The molecule has 0 aliphatic carbocycles. The van der Waals surface area contributed by atoms with Gasteiger partial charge in [-0.15, -0.1) is 12.4 Å². The van der Waals surface area contributed by atoms with E-state index in [1.165, 1.54) is 19.1 Å². The molecule has 86 valence electrons. The molecule has 0 bridgehead atoms. The zero-order valence-corrected chi connectivity index (χ0v) is 9.38. The molecule has 1 aromatic carbocycles. The van der Waals surface area contributed by atoms with E-state index < -0.39 is 17.8 Å². The third-order valence-electron chi connectivity index (χ3n) is 1.81. The van der Waals surface area contributed by atoms with Gasteiger partial charge in [-0.3, -0.25) is 0 Å². The van der Waals surface area contributed by atoms with Gasteiger partial charge in [0.2, 0.25) is 0 Å². The van der Waals surface area contributed by atoms with Crippen molar-refractivity contribution >= 4 is 24.0 Å². The smallest absolute Gasteiger partial charge is 0.324 e. The second kappa shape index (κ2) is 5.05. The van der Waals surface area contributed by atoms with Crippen LogP contribution in [0.4, 0.5) is 13.2 Å². The largest absolute Gasteiger partial charge is 0.416 e. The van der Waals surface area contributed by atoms with E-state index in [-0.39, 0.29) is 23.0 Å². The second-order valence-electron chi connectivity index (χ2n) is 3.02. The molecule has 0 fully saturated rings. The first-order valence-corrected chi connectivity index (χ1v) is 4.32. The van der Waals surface area contributed by atoms with Gasteiger partial charge in [0, 0.05) is 11.1 Å². The number of halogens is 5. The first kappa shape index (κ1) is 14.5. The van der Waals surface area contributed by atoms with Gasteiger partial charge >= 0.3 is 6.18 Å². The van der Waals surface area contributed by atoms with Gasteiger partial charge in [-0.05, 0) is 30.7 Å². The Labute approximate surface area is 96.8 Å². The highest BCUT2D eigenvalue weighted by atomic mass is 35.5. The Morgan fingerprint density at radius 2 is 1.87 bits per heavy atom. The predicted octanol–water partition coefficient (Wildman–Crippen LogP) is 3.80. The van der Waals surface area contributed by atoms with Crippen LogP contribution in [0.5, 0.6) is 0 Å². The van der Waals surface area contributed by atoms with Crippen LogP contribution in [0.25, 0.3) is 0 Å². The molecule has 0 aliphatic heterocycles. The molecule has 1 unspecified atom stereocenters. The van der Waals surface area contributed by atoms with E-state index in [9.17, 15) is 13.2 Å². The zero-order valence-electron chi connectivity index (χ0n) is 7.81. The predicted molar refractivity (Wildman–Crippen MR) is 56.3 cm³/mol. The van der Waals surface area contributed by atoms with Crippen molar-refractivity contribution in [2.24, 2.45) is 5.73 Å². The van der Waals surface area contributed by atoms with Crippen molar-refractivity contribution in [3.05, 3.63) is 34.3 Å². The van der Waals surface area contributed by atoms with Crippen molar-refractivity contribution in [1.29, 1.82) is 0 Å². The summed E-state index contributed by atoms with van der Waals surface area (Å²) in [6.07, 6.45) is -4.38. The SMILES string of the molecule is CC(N)c1cc(Cl)ccc1C(F)(F)F.Cl. The van der Waals surface area contributed by atoms with Gasteiger partial charge < -0.3 is 5.73 Å². The molecule has 0 saturated heterocycles. The first-order chi connectivity index (χ1) is 6.32. The molecular formula is C9H10Cl2F3N. The lowest BCUT2D eigenvalue weighted by Gasteiger charge is -2.15. The third-order valence-corrected chi connectivity index (χ3v) is 2.04. The van der Waals surface area contributed by atoms with Gasteiger partial charge in [0.15, 0.2) is 0 Å². The van der Waals surface area contributed by atoms with E-state index in [1.807, 2.05) is 0 Å². The van der Waals surface area contributed by atoms with Gasteiger partial charge in [-0.25, -0.2) is 0 Å². The highest BCUT2D eigenvalue weighted by Gasteiger charge is 2.33. The van der Waals surface area contributed by atoms with Gasteiger partial charge in [-0.2, -0.15) is 13.2 Å². The number of nitrogens with two attached hydrogens (primary N) is 1. The normalized spacial score (nSPS) is 13.2. The maximum Gasteiger partial charge on any atom is 0.416 e. The number of hydrogen-bond donors (Lipinski definition) is 1. The lowest BCUT2D eigenvalue weighted by Crippen LogP contribution is -2.15. The van der Waals surface area contributed by atoms with E-state index in [0.29, 0.717) is 0 Å². The molecule has 0 aliphatic rings. The highest BCUT2D eigenvalue weighted by molar-refractivity contribution is 6.30. The molecule has 0 spiro atoms. The molecule has 1 aromatic rings. The summed E-state index contributed by atoms with van der Waals surface area (Å²) in [6.45, 7) is 1.49. The van der Waals surface area contributed by atoms with Crippen LogP contribution in [0.2, 0.25) is 5.02 Å². The highest BCUT2D eigenvalue weighted by Crippen LogP contribution is 2.35. The maximum absolute atomic E-state index is 12.4. The fourth-order valence-corrected chi connectivity index (χ4v) is 1.35. The number of hydrogen-bond acceptors (Lipinski definition) is 1. The molecule has 1 atom stereocenters. The number of benzene rings is 1. The minimum Gasteiger partial charge on any atom is -0.324 e. The van der Waals surface area contributed by atoms with Gasteiger partial charge in [0.1, 0.15) is 0 Å². The Bertz CT molecular complexity index is 337. The molecule has 0 saturated carbocycles. The van der Waals surface area contributed by atoms with Gasteiger partial charge in [0.05, 0.1) is 5.56 Å². The summed E-state index contributed by atoms with van der Waals surface area (Å²) >= 11 is 5.59. The number of rotatable bonds is 1. The molecular weight excluding hydrogens is 250 g/mol. The first-order valence-electron chi connectivity index (χ1n) is 3.94. The van der Waals surface area contributed by atoms with Crippen LogP contribution in [-0.2, 0) is 6.18 Å². The van der Waals surface area contributed by atoms with Crippen molar-refractivity contribution in [1.82, 2.24) is 0 Å². The molecule has 0 radical (unpaired) electrons. The molecule has 6 heteroatoms. The lowest BCUT2D eigenvalue weighted by molar-refractivity contribution is -0.138. The molecule has 0 aromatic heterocycles.